The van der Waals surface area contributed by atoms with Crippen LogP contribution in [0, 0.1) is 0 Å². The van der Waals surface area contributed by atoms with Crippen LogP contribution in [0.4, 0.5) is 0 Å². The highest BCUT2D eigenvalue weighted by atomic mass is 16.6. The minimum Gasteiger partial charge on any atom is -0.462 e. The zero-order valence-corrected chi connectivity index (χ0v) is 58.1. The summed E-state index contributed by atoms with van der Waals surface area (Å²) >= 11 is 0. The molecule has 0 aromatic carbocycles. The Kier molecular flexibility index (Phi) is 74.7. The monoisotopic (exact) mass is 1200 g/mol. The first-order chi connectivity index (χ1) is 42.6. The zero-order valence-electron chi connectivity index (χ0n) is 58.1. The van der Waals surface area contributed by atoms with Crippen LogP contribution < -0.4 is 0 Å². The molecule has 0 bridgehead atoms. The molecule has 0 aliphatic carbocycles. The fourth-order valence-electron chi connectivity index (χ4n) is 12.1. The van der Waals surface area contributed by atoms with Gasteiger partial charge in [-0.25, -0.2) is 0 Å². The molecular formula is C81H150O5. The van der Waals surface area contributed by atoms with Crippen molar-refractivity contribution >= 4 is 11.9 Å². The number of aliphatic hydroxyl groups is 1. The van der Waals surface area contributed by atoms with Crippen LogP contribution in [0.1, 0.15) is 425 Å². The molecule has 0 aliphatic heterocycles. The molecule has 0 rings (SSSR count). The maximum absolute atomic E-state index is 12.4. The summed E-state index contributed by atoms with van der Waals surface area (Å²) in [5, 5.41) is 9.72. The minimum absolute atomic E-state index is 0.0586. The van der Waals surface area contributed by atoms with E-state index in [0.717, 1.165) is 64.2 Å². The van der Waals surface area contributed by atoms with E-state index < -0.39 is 6.10 Å². The Morgan fingerprint density at radius 2 is 0.500 bits per heavy atom. The molecule has 0 amide bonds. The van der Waals surface area contributed by atoms with Gasteiger partial charge in [0.15, 0.2) is 6.10 Å². The molecule has 0 aromatic heterocycles. The second-order valence-corrected chi connectivity index (χ2v) is 26.4. The summed E-state index contributed by atoms with van der Waals surface area (Å²) in [6.07, 6.45) is 106. The Balaban J connectivity index is 3.37. The van der Waals surface area contributed by atoms with Crippen LogP contribution in [0.2, 0.25) is 0 Å². The van der Waals surface area contributed by atoms with E-state index in [2.05, 4.69) is 74.6 Å². The smallest absolute Gasteiger partial charge is 0.306 e. The SMILES string of the molecule is CC/C=C\C/C=C\C/C=C\C/C=C\C/C=C\CCCCCCCCCCCCCCCCCCCCCCCCCCCC(=O)OC(CO)COC(=O)CCCCCCCCCCCCCCCCCCCCCCCCCCCCCCCCC. The number of unbranched alkanes of at least 4 members (excludes halogenated alkanes) is 55. The van der Waals surface area contributed by atoms with E-state index in [1.54, 1.807) is 0 Å². The van der Waals surface area contributed by atoms with Gasteiger partial charge in [-0.2, -0.15) is 0 Å². The highest BCUT2D eigenvalue weighted by molar-refractivity contribution is 5.70. The number of hydrogen-bond donors (Lipinski definition) is 1. The van der Waals surface area contributed by atoms with Crippen molar-refractivity contribution < 1.29 is 24.2 Å². The van der Waals surface area contributed by atoms with Crippen LogP contribution >= 0.6 is 0 Å². The van der Waals surface area contributed by atoms with Crippen molar-refractivity contribution in [3.8, 4) is 0 Å². The summed E-state index contributed by atoms with van der Waals surface area (Å²) in [6.45, 7) is 4.10. The molecule has 5 nitrogen and oxygen atoms in total. The first kappa shape index (κ1) is 83.6. The van der Waals surface area contributed by atoms with Crippen molar-refractivity contribution in [1.29, 1.82) is 0 Å². The number of allylic oxidation sites excluding steroid dienone is 10. The highest BCUT2D eigenvalue weighted by Gasteiger charge is 2.16. The molecule has 0 heterocycles. The fraction of sp³-hybridized carbons (Fsp3) is 0.852. The molecule has 504 valence electrons. The van der Waals surface area contributed by atoms with E-state index in [4.69, 9.17) is 9.47 Å². The third kappa shape index (κ3) is 74.1. The number of ether oxygens (including phenoxy) is 2. The number of aliphatic hydroxyl groups excluding tert-OH is 1. The molecule has 0 spiro atoms. The topological polar surface area (TPSA) is 72.8 Å². The van der Waals surface area contributed by atoms with Crippen molar-refractivity contribution in [3.05, 3.63) is 60.8 Å². The molecule has 0 saturated carbocycles. The standard InChI is InChI=1S/C81H150O5/c1-3-5-7-9-11-13-15-17-19-21-23-25-27-29-31-33-35-36-37-38-39-40-41-42-43-44-46-48-50-52-54-56-58-60-62-64-66-68-70-72-74-76-81(84)86-79(77-82)78-85-80(83)75-73-71-69-67-65-63-61-59-57-55-53-51-49-47-45-34-32-30-28-26-24-22-20-18-16-14-12-10-8-6-4-2/h5,7,11,13,17,19,23,25,29,31,79,82H,3-4,6,8-10,12,14-16,18,20-22,24,26-28,30,32-78H2,1-2H3/b7-5-,13-11-,19-17-,25-23-,31-29-. The Morgan fingerprint density at radius 3 is 0.756 bits per heavy atom. The number of hydrogen-bond acceptors (Lipinski definition) is 5. The summed E-state index contributed by atoms with van der Waals surface area (Å²) in [4.78, 5) is 24.7. The van der Waals surface area contributed by atoms with Gasteiger partial charge in [0.05, 0.1) is 6.61 Å². The van der Waals surface area contributed by atoms with Crippen LogP contribution in [-0.2, 0) is 19.1 Å². The van der Waals surface area contributed by atoms with E-state index >= 15 is 0 Å². The van der Waals surface area contributed by atoms with Crippen LogP contribution in [0.25, 0.3) is 0 Å². The largest absolute Gasteiger partial charge is 0.462 e. The van der Waals surface area contributed by atoms with Gasteiger partial charge < -0.3 is 14.6 Å². The average Bonchev–Trinajstić information content (AvgIpc) is 3.54. The summed E-state index contributed by atoms with van der Waals surface area (Å²) in [6, 6.07) is 0. The molecular weight excluding hydrogens is 1050 g/mol. The Morgan fingerprint density at radius 1 is 0.279 bits per heavy atom. The lowest BCUT2D eigenvalue weighted by atomic mass is 10.0. The first-order valence-corrected chi connectivity index (χ1v) is 38.8. The van der Waals surface area contributed by atoms with Crippen LogP contribution in [0.5, 0.6) is 0 Å². The Bertz CT molecular complexity index is 1460. The van der Waals surface area contributed by atoms with Gasteiger partial charge in [0.1, 0.15) is 6.61 Å². The average molecular weight is 1200 g/mol. The minimum atomic E-state index is -0.770. The summed E-state index contributed by atoms with van der Waals surface area (Å²) < 4.78 is 10.8. The number of rotatable bonds is 73. The first-order valence-electron chi connectivity index (χ1n) is 38.8. The number of esters is 2. The van der Waals surface area contributed by atoms with E-state index in [0.29, 0.717) is 12.8 Å². The molecule has 1 N–H and O–H groups in total. The van der Waals surface area contributed by atoms with Gasteiger partial charge in [0.25, 0.3) is 0 Å². The maximum Gasteiger partial charge on any atom is 0.306 e. The van der Waals surface area contributed by atoms with Crippen molar-refractivity contribution in [2.75, 3.05) is 13.2 Å². The molecule has 0 fully saturated rings. The molecule has 86 heavy (non-hydrogen) atoms. The van der Waals surface area contributed by atoms with Crippen LogP contribution in [0.3, 0.4) is 0 Å². The van der Waals surface area contributed by atoms with Gasteiger partial charge in [-0.1, -0.05) is 415 Å². The lowest BCUT2D eigenvalue weighted by Gasteiger charge is -2.15. The van der Waals surface area contributed by atoms with Gasteiger partial charge in [-0.05, 0) is 57.8 Å². The lowest BCUT2D eigenvalue weighted by molar-refractivity contribution is -0.161. The molecule has 1 atom stereocenters. The molecule has 0 aliphatic rings. The summed E-state index contributed by atoms with van der Waals surface area (Å²) in [5.41, 5.74) is 0. The Labute approximate surface area is 538 Å². The highest BCUT2D eigenvalue weighted by Crippen LogP contribution is 2.20. The van der Waals surface area contributed by atoms with Crippen molar-refractivity contribution in [2.24, 2.45) is 0 Å². The normalized spacial score (nSPS) is 12.5. The lowest BCUT2D eigenvalue weighted by Crippen LogP contribution is -2.28. The molecule has 0 radical (unpaired) electrons. The van der Waals surface area contributed by atoms with Gasteiger partial charge in [-0.3, -0.25) is 9.59 Å². The van der Waals surface area contributed by atoms with Crippen LogP contribution in [0.15, 0.2) is 60.8 Å². The summed E-state index contributed by atoms with van der Waals surface area (Å²) in [7, 11) is 0. The number of carbonyl (C=O) groups excluding carboxylic acids is 2. The quantitative estimate of drug-likeness (QED) is 0.0373. The van der Waals surface area contributed by atoms with E-state index in [1.165, 1.54) is 334 Å². The third-order valence-electron chi connectivity index (χ3n) is 17.8. The van der Waals surface area contributed by atoms with Crippen molar-refractivity contribution in [1.82, 2.24) is 0 Å². The van der Waals surface area contributed by atoms with E-state index in [9.17, 15) is 14.7 Å². The third-order valence-corrected chi connectivity index (χ3v) is 17.8. The van der Waals surface area contributed by atoms with Gasteiger partial charge in [-0.15, -0.1) is 0 Å². The van der Waals surface area contributed by atoms with E-state index in [1.807, 2.05) is 0 Å². The van der Waals surface area contributed by atoms with Gasteiger partial charge in [0, 0.05) is 12.8 Å². The maximum atomic E-state index is 12.4. The second kappa shape index (κ2) is 76.8. The molecule has 1 unspecified atom stereocenters. The summed E-state index contributed by atoms with van der Waals surface area (Å²) in [5.74, 6) is -0.563. The predicted molar refractivity (Wildman–Crippen MR) is 380 cm³/mol. The van der Waals surface area contributed by atoms with Crippen molar-refractivity contribution in [3.63, 3.8) is 0 Å². The Hall–Kier alpha value is -2.40. The molecule has 0 aromatic rings. The van der Waals surface area contributed by atoms with E-state index in [-0.39, 0.29) is 25.2 Å². The van der Waals surface area contributed by atoms with Crippen LogP contribution in [-0.4, -0.2) is 36.4 Å². The number of carbonyl (C=O) groups is 2. The molecule has 0 saturated heterocycles. The molecule has 5 heteroatoms. The fourth-order valence-corrected chi connectivity index (χ4v) is 12.1. The predicted octanol–water partition coefficient (Wildman–Crippen LogP) is 27.2. The van der Waals surface area contributed by atoms with Gasteiger partial charge in [0.2, 0.25) is 0 Å². The second-order valence-electron chi connectivity index (χ2n) is 26.4. The zero-order chi connectivity index (χ0) is 61.9. The van der Waals surface area contributed by atoms with Crippen molar-refractivity contribution in [2.45, 2.75) is 431 Å². The van der Waals surface area contributed by atoms with Gasteiger partial charge >= 0.3 is 11.9 Å².